The lowest BCUT2D eigenvalue weighted by Gasteiger charge is -2.36. The van der Waals surface area contributed by atoms with E-state index >= 15 is 0 Å². The zero-order valence-electron chi connectivity index (χ0n) is 16.3. The van der Waals surface area contributed by atoms with Crippen LogP contribution < -0.4 is 4.74 Å². The van der Waals surface area contributed by atoms with Crippen molar-refractivity contribution in [2.75, 3.05) is 19.6 Å². The summed E-state index contributed by atoms with van der Waals surface area (Å²) in [5.74, 6) is 1.14. The van der Waals surface area contributed by atoms with Gasteiger partial charge in [0.2, 0.25) is 5.91 Å². The van der Waals surface area contributed by atoms with Crippen LogP contribution in [0.1, 0.15) is 31.2 Å². The number of nitrogens with zero attached hydrogens (tertiary/aromatic N) is 4. The highest BCUT2D eigenvalue weighted by atomic mass is 32.1. The zero-order valence-corrected chi connectivity index (χ0v) is 17.1. The maximum absolute atomic E-state index is 12.0. The lowest BCUT2D eigenvalue weighted by Crippen LogP contribution is -2.45. The molecule has 1 aromatic carbocycles. The largest absolute Gasteiger partial charge is 0.431 e. The lowest BCUT2D eigenvalue weighted by atomic mass is 10.0. The summed E-state index contributed by atoms with van der Waals surface area (Å²) in [4.78, 5) is 26.2. The molecule has 1 amide bonds. The van der Waals surface area contributed by atoms with Gasteiger partial charge in [-0.3, -0.25) is 9.69 Å². The van der Waals surface area contributed by atoms with E-state index in [2.05, 4.69) is 31.9 Å². The fourth-order valence-electron chi connectivity index (χ4n) is 4.26. The number of likely N-dealkylation sites (tertiary alicyclic amines) is 2. The van der Waals surface area contributed by atoms with Crippen LogP contribution in [0.25, 0.3) is 10.3 Å². The molecular weight excluding hydrogens is 384 g/mol. The summed E-state index contributed by atoms with van der Waals surface area (Å²) in [6, 6.07) is 12.5. The number of carbonyl (C=O) groups is 1. The van der Waals surface area contributed by atoms with Gasteiger partial charge in [0.1, 0.15) is 16.1 Å². The number of rotatable bonds is 5. The molecule has 6 nitrogen and oxygen atoms in total. The molecule has 0 atom stereocenters. The molecule has 2 aliphatic heterocycles. The Morgan fingerprint density at radius 3 is 2.66 bits per heavy atom. The summed E-state index contributed by atoms with van der Waals surface area (Å²) in [5.41, 5.74) is 2.14. The number of hydrogen-bond acceptors (Lipinski definition) is 6. The smallest absolute Gasteiger partial charge is 0.281 e. The normalized spacial score (nSPS) is 18.6. The van der Waals surface area contributed by atoms with E-state index in [1.165, 1.54) is 16.9 Å². The first-order chi connectivity index (χ1) is 14.2. The van der Waals surface area contributed by atoms with Gasteiger partial charge in [0.25, 0.3) is 5.19 Å². The minimum absolute atomic E-state index is 0.350. The van der Waals surface area contributed by atoms with Crippen molar-refractivity contribution in [3.8, 4) is 10.9 Å². The van der Waals surface area contributed by atoms with Crippen LogP contribution in [-0.4, -0.2) is 51.4 Å². The number of aromatic nitrogens is 2. The molecule has 3 aromatic rings. The summed E-state index contributed by atoms with van der Waals surface area (Å²) in [6.07, 6.45) is 5.70. The van der Waals surface area contributed by atoms with E-state index in [1.54, 1.807) is 6.20 Å². The number of amides is 1. The fraction of sp³-hybridized carbons (Fsp3) is 0.409. The van der Waals surface area contributed by atoms with Gasteiger partial charge in [-0.25, -0.2) is 9.97 Å². The van der Waals surface area contributed by atoms with Gasteiger partial charge in [0.15, 0.2) is 0 Å². The monoisotopic (exact) mass is 408 g/mol. The van der Waals surface area contributed by atoms with Crippen molar-refractivity contribution in [3.63, 3.8) is 0 Å². The number of fused-ring (bicyclic) bond motifs is 1. The lowest BCUT2D eigenvalue weighted by molar-refractivity contribution is -0.130. The molecule has 0 unspecified atom stereocenters. The number of hydrogen-bond donors (Lipinski definition) is 0. The molecule has 2 aromatic heterocycles. The number of ether oxygens (including phenoxy) is 1. The molecule has 7 heteroatoms. The minimum atomic E-state index is 0.350. The standard InChI is InChI=1S/C22H24N4O2S/c27-20-4-2-12-26(20)17-9-13-25(14-10-17)15-16-5-7-18(8-6-16)28-22-24-19-3-1-11-23-21(19)29-22/h1,3,5-8,11,17H,2,4,9-10,12-15H2. The molecule has 0 N–H and O–H groups in total. The van der Waals surface area contributed by atoms with E-state index in [0.717, 1.165) is 68.0 Å². The summed E-state index contributed by atoms with van der Waals surface area (Å²) < 4.78 is 5.91. The first-order valence-electron chi connectivity index (χ1n) is 10.2. The number of thiazole rings is 1. The molecular formula is C22H24N4O2S. The number of benzene rings is 1. The number of pyridine rings is 1. The molecule has 0 bridgehead atoms. The molecule has 2 saturated heterocycles. The van der Waals surface area contributed by atoms with Crippen LogP contribution in [-0.2, 0) is 11.3 Å². The Bertz CT molecular complexity index is 962. The van der Waals surface area contributed by atoms with E-state index in [1.807, 2.05) is 24.3 Å². The average Bonchev–Trinajstić information content (AvgIpc) is 3.35. The van der Waals surface area contributed by atoms with Gasteiger partial charge in [-0.15, -0.1) is 0 Å². The summed E-state index contributed by atoms with van der Waals surface area (Å²) >= 11 is 1.45. The highest BCUT2D eigenvalue weighted by Gasteiger charge is 2.30. The molecule has 29 heavy (non-hydrogen) atoms. The van der Waals surface area contributed by atoms with Crippen LogP contribution in [0.5, 0.6) is 10.9 Å². The molecule has 4 heterocycles. The highest BCUT2D eigenvalue weighted by Crippen LogP contribution is 2.30. The van der Waals surface area contributed by atoms with Crippen LogP contribution >= 0.6 is 11.3 Å². The Morgan fingerprint density at radius 1 is 1.10 bits per heavy atom. The van der Waals surface area contributed by atoms with Crippen LogP contribution in [0.3, 0.4) is 0 Å². The second-order valence-electron chi connectivity index (χ2n) is 7.75. The van der Waals surface area contributed by atoms with Crippen LogP contribution in [0.2, 0.25) is 0 Å². The quantitative estimate of drug-likeness (QED) is 0.637. The molecule has 5 rings (SSSR count). The summed E-state index contributed by atoms with van der Waals surface area (Å²) in [5, 5.41) is 0.616. The van der Waals surface area contributed by atoms with Crippen LogP contribution in [0.15, 0.2) is 42.6 Å². The van der Waals surface area contributed by atoms with Crippen molar-refractivity contribution in [2.45, 2.75) is 38.3 Å². The van der Waals surface area contributed by atoms with Crippen molar-refractivity contribution in [1.29, 1.82) is 0 Å². The van der Waals surface area contributed by atoms with Gasteiger partial charge in [0, 0.05) is 44.8 Å². The van der Waals surface area contributed by atoms with E-state index in [0.29, 0.717) is 17.1 Å². The maximum atomic E-state index is 12.0. The Kier molecular flexibility index (Phi) is 5.16. The second-order valence-corrected chi connectivity index (χ2v) is 8.69. The molecule has 2 aliphatic rings. The van der Waals surface area contributed by atoms with Crippen LogP contribution in [0, 0.1) is 0 Å². The van der Waals surface area contributed by atoms with Gasteiger partial charge in [-0.05, 0) is 49.1 Å². The SMILES string of the molecule is O=C1CCCN1C1CCN(Cc2ccc(Oc3nc4cccnc4s3)cc2)CC1. The molecule has 0 spiro atoms. The van der Waals surface area contributed by atoms with E-state index in [9.17, 15) is 4.79 Å². The van der Waals surface area contributed by atoms with E-state index in [4.69, 9.17) is 4.74 Å². The molecule has 0 saturated carbocycles. The van der Waals surface area contributed by atoms with Gasteiger partial charge < -0.3 is 9.64 Å². The van der Waals surface area contributed by atoms with Gasteiger partial charge in [-0.2, -0.15) is 0 Å². The van der Waals surface area contributed by atoms with Gasteiger partial charge in [-0.1, -0.05) is 23.5 Å². The number of carbonyl (C=O) groups excluding carboxylic acids is 1. The predicted octanol–water partition coefficient (Wildman–Crippen LogP) is 4.07. The van der Waals surface area contributed by atoms with Crippen molar-refractivity contribution in [1.82, 2.24) is 19.8 Å². The number of piperidine rings is 1. The molecule has 0 radical (unpaired) electrons. The van der Waals surface area contributed by atoms with E-state index < -0.39 is 0 Å². The summed E-state index contributed by atoms with van der Waals surface area (Å²) in [6.45, 7) is 3.98. The zero-order chi connectivity index (χ0) is 19.6. The first kappa shape index (κ1) is 18.5. The predicted molar refractivity (Wildman–Crippen MR) is 113 cm³/mol. The molecule has 150 valence electrons. The first-order valence-corrected chi connectivity index (χ1v) is 11.1. The third-order valence-corrected chi connectivity index (χ3v) is 6.65. The molecule has 2 fully saturated rings. The van der Waals surface area contributed by atoms with E-state index in [-0.39, 0.29) is 0 Å². The van der Waals surface area contributed by atoms with Crippen molar-refractivity contribution in [3.05, 3.63) is 48.2 Å². The Morgan fingerprint density at radius 2 is 1.93 bits per heavy atom. The fourth-order valence-corrected chi connectivity index (χ4v) is 5.04. The Labute approximate surface area is 174 Å². The second kappa shape index (κ2) is 8.08. The van der Waals surface area contributed by atoms with Crippen molar-refractivity contribution >= 4 is 27.6 Å². The third-order valence-electron chi connectivity index (χ3n) is 5.79. The molecule has 0 aliphatic carbocycles. The summed E-state index contributed by atoms with van der Waals surface area (Å²) in [7, 11) is 0. The topological polar surface area (TPSA) is 58.6 Å². The van der Waals surface area contributed by atoms with Crippen molar-refractivity contribution < 1.29 is 9.53 Å². The van der Waals surface area contributed by atoms with Gasteiger partial charge >= 0.3 is 0 Å². The Balaban J connectivity index is 1.15. The average molecular weight is 409 g/mol. The van der Waals surface area contributed by atoms with Crippen molar-refractivity contribution in [2.24, 2.45) is 0 Å². The minimum Gasteiger partial charge on any atom is -0.431 e. The van der Waals surface area contributed by atoms with Crippen LogP contribution in [0.4, 0.5) is 0 Å². The highest BCUT2D eigenvalue weighted by molar-refractivity contribution is 7.19. The van der Waals surface area contributed by atoms with Gasteiger partial charge in [0.05, 0.1) is 0 Å². The maximum Gasteiger partial charge on any atom is 0.281 e. The Hall–Kier alpha value is -2.51. The third kappa shape index (κ3) is 4.11.